The van der Waals surface area contributed by atoms with Crippen LogP contribution in [0, 0.1) is 17.7 Å². The van der Waals surface area contributed by atoms with Crippen LogP contribution in [0.15, 0.2) is 11.0 Å². The number of nitrogens with zero attached hydrogens (tertiary/aromatic N) is 3. The minimum atomic E-state index is -1.72. The molecule has 0 aliphatic carbocycles. The summed E-state index contributed by atoms with van der Waals surface area (Å²) in [6.07, 6.45) is -3.88. The lowest BCUT2D eigenvalue weighted by Gasteiger charge is -2.26. The molecule has 1 aliphatic heterocycles. The van der Waals surface area contributed by atoms with Crippen LogP contribution in [0.4, 0.5) is 10.3 Å². The van der Waals surface area contributed by atoms with E-state index in [9.17, 15) is 19.4 Å². The minimum absolute atomic E-state index is 0.168. The summed E-state index contributed by atoms with van der Waals surface area (Å²) in [4.78, 5) is 14.4. The summed E-state index contributed by atoms with van der Waals surface area (Å²) in [5.74, 6) is 9.40. The van der Waals surface area contributed by atoms with Gasteiger partial charge in [-0.3, -0.25) is 9.36 Å². The molecular formula is C15H17ClFN5O4. The molecule has 6 N–H and O–H groups in total. The maximum atomic E-state index is 14.4. The Bertz CT molecular complexity index is 994. The Morgan fingerprint density at radius 3 is 2.81 bits per heavy atom. The molecule has 2 aromatic rings. The molecule has 1 saturated heterocycles. The second kappa shape index (κ2) is 6.14. The van der Waals surface area contributed by atoms with E-state index in [2.05, 4.69) is 16.8 Å². The topological polar surface area (TPSA) is 142 Å². The van der Waals surface area contributed by atoms with Crippen LogP contribution in [0.1, 0.15) is 20.1 Å². The molecule has 0 saturated carbocycles. The number of hydrogen-bond donors (Lipinski definition) is 4. The van der Waals surface area contributed by atoms with E-state index in [4.69, 9.17) is 27.9 Å². The van der Waals surface area contributed by atoms with Crippen molar-refractivity contribution in [2.75, 3.05) is 11.6 Å². The minimum Gasteiger partial charge on any atom is -0.391 e. The largest absolute Gasteiger partial charge is 0.391 e. The Labute approximate surface area is 151 Å². The van der Waals surface area contributed by atoms with Gasteiger partial charge in [-0.25, -0.2) is 4.39 Å². The molecule has 1 aliphatic rings. The van der Waals surface area contributed by atoms with Gasteiger partial charge in [-0.2, -0.15) is 9.66 Å². The zero-order valence-electron chi connectivity index (χ0n) is 13.8. The third-order valence-electron chi connectivity index (χ3n) is 4.29. The van der Waals surface area contributed by atoms with Crippen molar-refractivity contribution < 1.29 is 19.3 Å². The summed E-state index contributed by atoms with van der Waals surface area (Å²) in [5, 5.41) is 20.0. The summed E-state index contributed by atoms with van der Waals surface area (Å²) < 4.78 is 21.7. The Balaban J connectivity index is 2.28. The first-order valence-electron chi connectivity index (χ1n) is 7.61. The van der Waals surface area contributed by atoms with Crippen molar-refractivity contribution in [1.29, 1.82) is 0 Å². The van der Waals surface area contributed by atoms with E-state index in [0.29, 0.717) is 4.68 Å². The molecule has 26 heavy (non-hydrogen) atoms. The molecule has 2 aromatic heterocycles. The van der Waals surface area contributed by atoms with Gasteiger partial charge in [0.15, 0.2) is 22.6 Å². The number of fused-ring (bicyclic) bond motifs is 1. The van der Waals surface area contributed by atoms with Gasteiger partial charge < -0.3 is 26.5 Å². The van der Waals surface area contributed by atoms with Crippen molar-refractivity contribution in [3.63, 3.8) is 0 Å². The lowest BCUT2D eigenvalue weighted by molar-refractivity contribution is -0.0752. The number of anilines is 1. The van der Waals surface area contributed by atoms with Crippen molar-refractivity contribution >= 4 is 28.6 Å². The fourth-order valence-electron chi connectivity index (χ4n) is 3.04. The van der Waals surface area contributed by atoms with Gasteiger partial charge in [0.25, 0.3) is 5.56 Å². The number of nitrogen functional groups attached to an aromatic ring is 2. The maximum Gasteiger partial charge on any atom is 0.285 e. The Morgan fingerprint density at radius 1 is 1.58 bits per heavy atom. The van der Waals surface area contributed by atoms with E-state index in [1.54, 1.807) is 0 Å². The van der Waals surface area contributed by atoms with Crippen molar-refractivity contribution in [3.05, 3.63) is 22.4 Å². The smallest absolute Gasteiger partial charge is 0.285 e. The van der Waals surface area contributed by atoms with Crippen LogP contribution in [0.3, 0.4) is 0 Å². The number of nitrogens with two attached hydrogens (primary N) is 2. The van der Waals surface area contributed by atoms with Gasteiger partial charge in [0.2, 0.25) is 5.95 Å². The second-order valence-corrected chi connectivity index (χ2v) is 6.64. The average molecular weight is 386 g/mol. The second-order valence-electron chi connectivity index (χ2n) is 6.01. The Hall–Kier alpha value is -2.32. The van der Waals surface area contributed by atoms with Crippen molar-refractivity contribution in [2.45, 2.75) is 43.3 Å². The van der Waals surface area contributed by atoms with Crippen LogP contribution in [-0.2, 0) is 4.74 Å². The van der Waals surface area contributed by atoms with E-state index in [-0.39, 0.29) is 11.6 Å². The predicted octanol–water partition coefficient (Wildman–Crippen LogP) is -0.727. The molecule has 0 aromatic carbocycles. The molecule has 0 spiro atoms. The average Bonchev–Trinajstić information content (AvgIpc) is 3.01. The van der Waals surface area contributed by atoms with Gasteiger partial charge >= 0.3 is 0 Å². The van der Waals surface area contributed by atoms with Crippen molar-refractivity contribution in [2.24, 2.45) is 0 Å². The molecule has 5 atom stereocenters. The third kappa shape index (κ3) is 2.44. The fraction of sp³-hybridized carbons (Fsp3) is 0.467. The highest BCUT2D eigenvalue weighted by Gasteiger charge is 2.57. The highest BCUT2D eigenvalue weighted by molar-refractivity contribution is 6.27. The molecule has 9 nitrogen and oxygen atoms in total. The number of aliphatic hydroxyl groups excluding tert-OH is 2. The zero-order valence-corrected chi connectivity index (χ0v) is 14.6. The van der Waals surface area contributed by atoms with Gasteiger partial charge in [0, 0.05) is 6.20 Å². The third-order valence-corrected chi connectivity index (χ3v) is 4.80. The van der Waals surface area contributed by atoms with Crippen LogP contribution in [-0.4, -0.2) is 47.6 Å². The first-order chi connectivity index (χ1) is 12.1. The van der Waals surface area contributed by atoms with E-state index >= 15 is 0 Å². The van der Waals surface area contributed by atoms with Crippen LogP contribution in [0.5, 0.6) is 0 Å². The fourth-order valence-corrected chi connectivity index (χ4v) is 3.42. The normalized spacial score (nSPS) is 29.5. The molecule has 0 amide bonds. The van der Waals surface area contributed by atoms with Crippen LogP contribution >= 0.6 is 11.6 Å². The molecule has 1 unspecified atom stereocenters. The van der Waals surface area contributed by atoms with Crippen LogP contribution in [0.2, 0.25) is 0 Å². The predicted molar refractivity (Wildman–Crippen MR) is 92.1 cm³/mol. The number of rotatable bonds is 2. The van der Waals surface area contributed by atoms with E-state index in [0.717, 1.165) is 10.8 Å². The number of halogens is 2. The van der Waals surface area contributed by atoms with E-state index in [1.807, 2.05) is 0 Å². The Morgan fingerprint density at radius 2 is 2.23 bits per heavy atom. The molecule has 0 radical (unpaired) electrons. The number of aliphatic hydroxyl groups is 2. The van der Waals surface area contributed by atoms with Crippen LogP contribution < -0.4 is 17.1 Å². The summed E-state index contributed by atoms with van der Waals surface area (Å²) >= 11 is 6.51. The first kappa shape index (κ1) is 18.5. The monoisotopic (exact) mass is 385 g/mol. The lowest BCUT2D eigenvalue weighted by Crippen LogP contribution is -2.43. The van der Waals surface area contributed by atoms with Crippen LogP contribution in [0.25, 0.3) is 11.0 Å². The van der Waals surface area contributed by atoms with E-state index in [1.165, 1.54) is 13.8 Å². The molecule has 1 fully saturated rings. The standard InChI is InChI=1S/C15H17ClFN5O4/c1-3-4-15(16)10(24)9(6(2)23)26-13(15)21-5-7(17)8-11(21)20-14(18)22(19)12(8)25/h5-6,9-10,13,23-24H,19H2,1-2H3,(H2,18,20)/t6-,9+,10?,13+,15+/m0/s1. The number of aromatic nitrogens is 3. The van der Waals surface area contributed by atoms with Gasteiger partial charge in [-0.05, 0) is 13.8 Å². The molecule has 3 heterocycles. The quantitative estimate of drug-likeness (QED) is 0.303. The molecular weight excluding hydrogens is 369 g/mol. The highest BCUT2D eigenvalue weighted by atomic mass is 35.5. The van der Waals surface area contributed by atoms with Gasteiger partial charge in [-0.15, -0.1) is 5.92 Å². The summed E-state index contributed by atoms with van der Waals surface area (Å²) in [5.41, 5.74) is 4.53. The lowest BCUT2D eigenvalue weighted by atomic mass is 9.97. The van der Waals surface area contributed by atoms with Crippen molar-refractivity contribution in [3.8, 4) is 11.8 Å². The highest BCUT2D eigenvalue weighted by Crippen LogP contribution is 2.45. The van der Waals surface area contributed by atoms with Gasteiger partial charge in [-0.1, -0.05) is 17.5 Å². The summed E-state index contributed by atoms with van der Waals surface area (Å²) in [6, 6.07) is 0. The molecule has 11 heteroatoms. The summed E-state index contributed by atoms with van der Waals surface area (Å²) in [7, 11) is 0. The maximum absolute atomic E-state index is 14.4. The van der Waals surface area contributed by atoms with Gasteiger partial charge in [0.05, 0.1) is 6.10 Å². The number of ether oxygens (including phenoxy) is 1. The summed E-state index contributed by atoms with van der Waals surface area (Å²) in [6.45, 7) is 2.91. The van der Waals surface area contributed by atoms with E-state index < -0.39 is 46.2 Å². The number of alkyl halides is 1. The zero-order chi connectivity index (χ0) is 19.4. The molecule has 3 rings (SSSR count). The number of hydrogen-bond acceptors (Lipinski definition) is 7. The Kier molecular flexibility index (Phi) is 4.36. The molecule has 140 valence electrons. The first-order valence-corrected chi connectivity index (χ1v) is 7.99. The van der Waals surface area contributed by atoms with Crippen molar-refractivity contribution in [1.82, 2.24) is 14.2 Å². The SMILES string of the molecule is CC#C[C@@]1(Cl)C(O)[C@@H]([C@H](C)O)O[C@H]1n1cc(F)c2c(=O)n(N)c(N)nc21. The molecule has 0 bridgehead atoms. The van der Waals surface area contributed by atoms with Gasteiger partial charge in [0.1, 0.15) is 17.6 Å².